The highest BCUT2D eigenvalue weighted by molar-refractivity contribution is 6.03. The Kier molecular flexibility index (Phi) is 5.97. The molecule has 0 aliphatic rings. The first-order valence-corrected chi connectivity index (χ1v) is 8.47. The van der Waals surface area contributed by atoms with E-state index in [1.54, 1.807) is 0 Å². The monoisotopic (exact) mass is 338 g/mol. The molecule has 0 aliphatic carbocycles. The van der Waals surface area contributed by atoms with Gasteiger partial charge in [0.2, 0.25) is 11.8 Å². The summed E-state index contributed by atoms with van der Waals surface area (Å²) in [5.74, 6) is -0.592. The number of benzene rings is 2. The van der Waals surface area contributed by atoms with Gasteiger partial charge in [-0.2, -0.15) is 0 Å². The molecule has 0 atom stereocenters. The van der Waals surface area contributed by atoms with Crippen molar-refractivity contribution in [2.75, 3.05) is 5.32 Å². The van der Waals surface area contributed by atoms with Gasteiger partial charge in [0, 0.05) is 12.2 Å². The fourth-order valence-electron chi connectivity index (χ4n) is 2.67. The Morgan fingerprint density at radius 1 is 0.960 bits per heavy atom. The molecule has 2 aromatic carbocycles. The number of para-hydroxylation sites is 1. The van der Waals surface area contributed by atoms with Gasteiger partial charge in [0.1, 0.15) is 6.42 Å². The van der Waals surface area contributed by atoms with Gasteiger partial charge in [0.15, 0.2) is 0 Å². The van der Waals surface area contributed by atoms with Crippen molar-refractivity contribution in [3.05, 3.63) is 65.2 Å². The standard InChI is InChI=1S/C21H26N2O2/c1-15-8-7-9-16(12-15)14-22-19(24)13-20(25)23-18-11-6-5-10-17(18)21(2,3)4/h5-12H,13-14H2,1-4H3,(H,22,24)(H,23,25). The predicted molar refractivity (Wildman–Crippen MR) is 101 cm³/mol. The Labute approximate surface area is 149 Å². The van der Waals surface area contributed by atoms with Crippen LogP contribution in [0.25, 0.3) is 0 Å². The minimum absolute atomic E-state index is 0.0860. The van der Waals surface area contributed by atoms with Gasteiger partial charge in [-0.25, -0.2) is 0 Å². The first-order chi connectivity index (χ1) is 11.8. The predicted octanol–water partition coefficient (Wildman–Crippen LogP) is 3.94. The maximum atomic E-state index is 12.2. The molecule has 0 aromatic heterocycles. The van der Waals surface area contributed by atoms with Crippen LogP contribution in [-0.4, -0.2) is 11.8 Å². The maximum absolute atomic E-state index is 12.2. The van der Waals surface area contributed by atoms with E-state index in [4.69, 9.17) is 0 Å². The molecule has 0 fully saturated rings. The zero-order valence-corrected chi connectivity index (χ0v) is 15.3. The largest absolute Gasteiger partial charge is 0.352 e. The molecule has 2 rings (SSSR count). The molecule has 4 heteroatoms. The summed E-state index contributed by atoms with van der Waals surface area (Å²) in [7, 11) is 0. The van der Waals surface area contributed by atoms with Crippen molar-refractivity contribution in [3.63, 3.8) is 0 Å². The number of nitrogens with one attached hydrogen (secondary N) is 2. The van der Waals surface area contributed by atoms with Crippen molar-refractivity contribution in [3.8, 4) is 0 Å². The van der Waals surface area contributed by atoms with E-state index in [0.717, 1.165) is 22.4 Å². The highest BCUT2D eigenvalue weighted by Gasteiger charge is 2.19. The van der Waals surface area contributed by atoms with Crippen LogP contribution in [0.3, 0.4) is 0 Å². The van der Waals surface area contributed by atoms with E-state index in [0.29, 0.717) is 6.54 Å². The molecule has 0 unspecified atom stereocenters. The summed E-state index contributed by atoms with van der Waals surface area (Å²) < 4.78 is 0. The minimum Gasteiger partial charge on any atom is -0.352 e. The molecule has 0 heterocycles. The number of hydrogen-bond acceptors (Lipinski definition) is 2. The molecule has 0 radical (unpaired) electrons. The van der Waals surface area contributed by atoms with Gasteiger partial charge in [0.05, 0.1) is 0 Å². The van der Waals surface area contributed by atoms with Gasteiger partial charge in [-0.1, -0.05) is 68.8 Å². The third-order valence-electron chi connectivity index (χ3n) is 3.90. The molecule has 0 saturated heterocycles. The molecule has 0 aliphatic heterocycles. The van der Waals surface area contributed by atoms with Gasteiger partial charge in [-0.15, -0.1) is 0 Å². The minimum atomic E-state index is -0.307. The van der Waals surface area contributed by atoms with Crippen LogP contribution in [0.1, 0.15) is 43.9 Å². The SMILES string of the molecule is Cc1cccc(CNC(=O)CC(=O)Nc2ccccc2C(C)(C)C)c1. The van der Waals surface area contributed by atoms with Crippen LogP contribution in [0.5, 0.6) is 0 Å². The molecule has 4 nitrogen and oxygen atoms in total. The van der Waals surface area contributed by atoms with Gasteiger partial charge in [0.25, 0.3) is 0 Å². The second kappa shape index (κ2) is 7.97. The lowest BCUT2D eigenvalue weighted by molar-refractivity contribution is -0.126. The zero-order chi connectivity index (χ0) is 18.4. The summed E-state index contributed by atoms with van der Waals surface area (Å²) in [6.45, 7) is 8.70. The molecular weight excluding hydrogens is 312 g/mol. The van der Waals surface area contributed by atoms with E-state index < -0.39 is 0 Å². The summed E-state index contributed by atoms with van der Waals surface area (Å²) in [4.78, 5) is 24.2. The van der Waals surface area contributed by atoms with Crippen molar-refractivity contribution >= 4 is 17.5 Å². The third-order valence-corrected chi connectivity index (χ3v) is 3.90. The van der Waals surface area contributed by atoms with E-state index in [1.165, 1.54) is 0 Å². The Balaban J connectivity index is 1.91. The van der Waals surface area contributed by atoms with Crippen LogP contribution in [0.2, 0.25) is 0 Å². The van der Waals surface area contributed by atoms with Crippen LogP contribution in [0.15, 0.2) is 48.5 Å². The smallest absolute Gasteiger partial charge is 0.233 e. The van der Waals surface area contributed by atoms with Gasteiger partial charge >= 0.3 is 0 Å². The maximum Gasteiger partial charge on any atom is 0.233 e. The summed E-state index contributed by atoms with van der Waals surface area (Å²) in [5, 5.41) is 5.64. The lowest BCUT2D eigenvalue weighted by Crippen LogP contribution is -2.28. The summed E-state index contributed by atoms with van der Waals surface area (Å²) in [6, 6.07) is 15.6. The molecule has 2 N–H and O–H groups in total. The van der Waals surface area contributed by atoms with E-state index in [1.807, 2.05) is 55.5 Å². The number of carbonyl (C=O) groups is 2. The number of aryl methyl sites for hydroxylation is 1. The van der Waals surface area contributed by atoms with Crippen LogP contribution in [-0.2, 0) is 21.5 Å². The zero-order valence-electron chi connectivity index (χ0n) is 15.3. The fraction of sp³-hybridized carbons (Fsp3) is 0.333. The number of amides is 2. The second-order valence-corrected chi connectivity index (χ2v) is 7.29. The van der Waals surface area contributed by atoms with Crippen molar-refractivity contribution in [2.45, 2.75) is 46.1 Å². The summed E-state index contributed by atoms with van der Waals surface area (Å²) in [6.07, 6.45) is -0.190. The molecule has 2 amide bonds. The highest BCUT2D eigenvalue weighted by atomic mass is 16.2. The van der Waals surface area contributed by atoms with Crippen LogP contribution in [0.4, 0.5) is 5.69 Å². The molecule has 132 valence electrons. The molecule has 25 heavy (non-hydrogen) atoms. The Morgan fingerprint density at radius 3 is 2.36 bits per heavy atom. The average Bonchev–Trinajstić information content (AvgIpc) is 2.52. The van der Waals surface area contributed by atoms with Crippen LogP contribution < -0.4 is 10.6 Å². The molecule has 0 bridgehead atoms. The van der Waals surface area contributed by atoms with Crippen molar-refractivity contribution in [1.82, 2.24) is 5.32 Å². The van der Waals surface area contributed by atoms with Gasteiger partial charge in [-0.3, -0.25) is 9.59 Å². The van der Waals surface area contributed by atoms with Gasteiger partial charge in [-0.05, 0) is 29.5 Å². The average molecular weight is 338 g/mol. The van der Waals surface area contributed by atoms with E-state index >= 15 is 0 Å². The lowest BCUT2D eigenvalue weighted by Gasteiger charge is -2.23. The number of anilines is 1. The quantitative estimate of drug-likeness (QED) is 0.811. The first-order valence-electron chi connectivity index (χ1n) is 8.47. The second-order valence-electron chi connectivity index (χ2n) is 7.29. The molecule has 2 aromatic rings. The van der Waals surface area contributed by atoms with Crippen LogP contribution >= 0.6 is 0 Å². The fourth-order valence-corrected chi connectivity index (χ4v) is 2.67. The van der Waals surface area contributed by atoms with Gasteiger partial charge < -0.3 is 10.6 Å². The Hall–Kier alpha value is -2.62. The number of hydrogen-bond donors (Lipinski definition) is 2. The van der Waals surface area contributed by atoms with E-state index in [2.05, 4.69) is 31.4 Å². The van der Waals surface area contributed by atoms with Crippen molar-refractivity contribution < 1.29 is 9.59 Å². The van der Waals surface area contributed by atoms with Crippen molar-refractivity contribution in [1.29, 1.82) is 0 Å². The summed E-state index contributed by atoms with van der Waals surface area (Å²) in [5.41, 5.74) is 3.88. The van der Waals surface area contributed by atoms with E-state index in [9.17, 15) is 9.59 Å². The lowest BCUT2D eigenvalue weighted by atomic mass is 9.86. The third kappa shape index (κ3) is 5.75. The topological polar surface area (TPSA) is 58.2 Å². The molecular formula is C21H26N2O2. The highest BCUT2D eigenvalue weighted by Crippen LogP contribution is 2.29. The number of carbonyl (C=O) groups excluding carboxylic acids is 2. The normalized spacial score (nSPS) is 11.0. The van der Waals surface area contributed by atoms with Crippen LogP contribution in [0, 0.1) is 6.92 Å². The first kappa shape index (κ1) is 18.7. The Bertz CT molecular complexity index is 760. The summed E-state index contributed by atoms with van der Waals surface area (Å²) >= 11 is 0. The van der Waals surface area contributed by atoms with Crippen molar-refractivity contribution in [2.24, 2.45) is 0 Å². The Morgan fingerprint density at radius 2 is 1.68 bits per heavy atom. The van der Waals surface area contributed by atoms with E-state index in [-0.39, 0.29) is 23.7 Å². The molecule has 0 spiro atoms. The number of rotatable bonds is 5. The molecule has 0 saturated carbocycles.